The van der Waals surface area contributed by atoms with Crippen LogP contribution in [0.2, 0.25) is 0 Å². The fraction of sp³-hybridized carbons (Fsp3) is 0.381. The predicted molar refractivity (Wildman–Crippen MR) is 115 cm³/mol. The quantitative estimate of drug-likeness (QED) is 0.488. The predicted octanol–water partition coefficient (Wildman–Crippen LogP) is 1.26. The molecule has 4 N–H and O–H groups in total. The molecule has 2 aromatic carbocycles. The second-order valence-corrected chi connectivity index (χ2v) is 7.82. The Hall–Kier alpha value is -2.91. The van der Waals surface area contributed by atoms with Gasteiger partial charge in [-0.15, -0.1) is 0 Å². The molecule has 1 aliphatic heterocycles. The van der Waals surface area contributed by atoms with Crippen molar-refractivity contribution in [1.29, 1.82) is 0 Å². The van der Waals surface area contributed by atoms with Crippen LogP contribution in [0.15, 0.2) is 47.6 Å². The second-order valence-electron chi connectivity index (χ2n) is 7.82. The van der Waals surface area contributed by atoms with Gasteiger partial charge in [0.05, 0.1) is 18.2 Å². The Kier molecular flexibility index (Phi) is 7.07. The van der Waals surface area contributed by atoms with E-state index in [2.05, 4.69) is 15.8 Å². The fourth-order valence-electron chi connectivity index (χ4n) is 3.41. The molecule has 0 spiro atoms. The highest BCUT2D eigenvalue weighted by atomic mass is 16.6. The first-order valence-electron chi connectivity index (χ1n) is 9.99. The van der Waals surface area contributed by atoms with E-state index in [0.29, 0.717) is 17.7 Å². The van der Waals surface area contributed by atoms with Crippen molar-refractivity contribution >= 4 is 35.4 Å². The number of carbonyl (C=O) groups is 2. The van der Waals surface area contributed by atoms with E-state index < -0.39 is 25.1 Å². The maximum atomic E-state index is 12.6. The standard InChI is InChI=1S/C21H26BN3O5/c1-13(2)10-19(22(28)29)24-21(27)18-11-15(25-30-18)12-23-20(26)17-9-5-7-14-6-3-4-8-16(14)17/h3-9,13,18-19,28-29H,10-12H2,1-2H3,(H,23,26)(H,24,27). The van der Waals surface area contributed by atoms with E-state index in [9.17, 15) is 19.6 Å². The number of rotatable bonds is 8. The molecule has 9 heteroatoms. The first-order valence-corrected chi connectivity index (χ1v) is 9.99. The number of oxime groups is 1. The molecule has 2 aromatic rings. The van der Waals surface area contributed by atoms with Gasteiger partial charge in [0.1, 0.15) is 0 Å². The number of nitrogens with one attached hydrogen (secondary N) is 2. The maximum absolute atomic E-state index is 12.6. The third kappa shape index (κ3) is 5.37. The van der Waals surface area contributed by atoms with Gasteiger partial charge in [-0.05, 0) is 29.2 Å². The summed E-state index contributed by atoms with van der Waals surface area (Å²) in [6.45, 7) is 4.00. The van der Waals surface area contributed by atoms with Gasteiger partial charge in [-0.2, -0.15) is 0 Å². The lowest BCUT2D eigenvalue weighted by atomic mass is 9.75. The largest absolute Gasteiger partial charge is 0.475 e. The van der Waals surface area contributed by atoms with Gasteiger partial charge in [-0.1, -0.05) is 55.4 Å². The third-order valence-electron chi connectivity index (χ3n) is 4.92. The van der Waals surface area contributed by atoms with Gasteiger partial charge in [-0.25, -0.2) is 0 Å². The molecule has 2 atom stereocenters. The number of nitrogens with zero attached hydrogens (tertiary/aromatic N) is 1. The topological polar surface area (TPSA) is 120 Å². The SMILES string of the molecule is CC(C)CC(NC(=O)C1CC(CNC(=O)c2cccc3ccccc23)=NO1)B(O)O. The number of hydrogen-bond acceptors (Lipinski definition) is 6. The van der Waals surface area contributed by atoms with Crippen LogP contribution in [0.25, 0.3) is 10.8 Å². The number of amides is 2. The Morgan fingerprint density at radius 2 is 1.93 bits per heavy atom. The van der Waals surface area contributed by atoms with Crippen LogP contribution in [0.1, 0.15) is 37.0 Å². The Bertz CT molecular complexity index is 942. The summed E-state index contributed by atoms with van der Waals surface area (Å²) in [6, 6.07) is 13.2. The van der Waals surface area contributed by atoms with E-state index in [1.165, 1.54) is 0 Å². The molecule has 1 aliphatic rings. The highest BCUT2D eigenvalue weighted by molar-refractivity contribution is 6.43. The molecule has 30 heavy (non-hydrogen) atoms. The van der Waals surface area contributed by atoms with Gasteiger partial charge < -0.3 is 25.5 Å². The Labute approximate surface area is 175 Å². The molecule has 0 radical (unpaired) electrons. The van der Waals surface area contributed by atoms with Crippen LogP contribution in [0.4, 0.5) is 0 Å². The van der Waals surface area contributed by atoms with Crippen LogP contribution >= 0.6 is 0 Å². The van der Waals surface area contributed by atoms with Crippen LogP contribution in [0, 0.1) is 5.92 Å². The lowest BCUT2D eigenvalue weighted by molar-refractivity contribution is -0.131. The molecule has 2 amide bonds. The van der Waals surface area contributed by atoms with Gasteiger partial charge in [-0.3, -0.25) is 9.59 Å². The van der Waals surface area contributed by atoms with Gasteiger partial charge >= 0.3 is 7.12 Å². The molecule has 158 valence electrons. The Balaban J connectivity index is 1.53. The van der Waals surface area contributed by atoms with Gasteiger partial charge in [0, 0.05) is 12.0 Å². The number of benzene rings is 2. The normalized spacial score (nSPS) is 16.7. The summed E-state index contributed by atoms with van der Waals surface area (Å²) in [4.78, 5) is 30.2. The molecular weight excluding hydrogens is 385 g/mol. The zero-order valence-corrected chi connectivity index (χ0v) is 17.0. The van der Waals surface area contributed by atoms with Gasteiger partial charge in [0.2, 0.25) is 6.10 Å². The van der Waals surface area contributed by atoms with E-state index in [1.807, 2.05) is 50.2 Å². The minimum Gasteiger partial charge on any atom is -0.426 e. The molecule has 0 aromatic heterocycles. The summed E-state index contributed by atoms with van der Waals surface area (Å²) in [7, 11) is -1.65. The van der Waals surface area contributed by atoms with Crippen LogP contribution in [-0.4, -0.2) is 53.3 Å². The van der Waals surface area contributed by atoms with Gasteiger partial charge in [0.25, 0.3) is 11.8 Å². The first kappa shape index (κ1) is 21.8. The summed E-state index contributed by atoms with van der Waals surface area (Å²) >= 11 is 0. The van der Waals surface area contributed by atoms with Crippen molar-refractivity contribution in [2.75, 3.05) is 6.54 Å². The van der Waals surface area contributed by atoms with Crippen molar-refractivity contribution in [1.82, 2.24) is 10.6 Å². The van der Waals surface area contributed by atoms with Crippen molar-refractivity contribution in [3.8, 4) is 0 Å². The zero-order valence-electron chi connectivity index (χ0n) is 17.0. The van der Waals surface area contributed by atoms with E-state index in [-0.39, 0.29) is 24.8 Å². The number of fused-ring (bicyclic) bond motifs is 1. The molecule has 3 rings (SSSR count). The van der Waals surface area contributed by atoms with E-state index in [1.54, 1.807) is 6.07 Å². The monoisotopic (exact) mass is 411 g/mol. The molecule has 0 saturated carbocycles. The minimum atomic E-state index is -1.65. The summed E-state index contributed by atoms with van der Waals surface area (Å²) in [6.07, 6.45) is -0.217. The molecule has 2 unspecified atom stereocenters. The van der Waals surface area contributed by atoms with Crippen LogP contribution in [0.5, 0.6) is 0 Å². The Morgan fingerprint density at radius 3 is 2.67 bits per heavy atom. The van der Waals surface area contributed by atoms with E-state index in [4.69, 9.17) is 4.84 Å². The summed E-state index contributed by atoms with van der Waals surface area (Å²) in [5.41, 5.74) is 1.10. The molecule has 1 heterocycles. The average molecular weight is 411 g/mol. The molecule has 8 nitrogen and oxygen atoms in total. The average Bonchev–Trinajstić information content (AvgIpc) is 3.20. The van der Waals surface area contributed by atoms with Crippen molar-refractivity contribution in [2.45, 2.75) is 38.7 Å². The zero-order chi connectivity index (χ0) is 21.7. The van der Waals surface area contributed by atoms with Crippen molar-refractivity contribution in [2.24, 2.45) is 11.1 Å². The van der Waals surface area contributed by atoms with E-state index >= 15 is 0 Å². The third-order valence-corrected chi connectivity index (χ3v) is 4.92. The van der Waals surface area contributed by atoms with Crippen molar-refractivity contribution < 1.29 is 24.5 Å². The molecule has 0 fully saturated rings. The van der Waals surface area contributed by atoms with Crippen molar-refractivity contribution in [3.05, 3.63) is 48.0 Å². The summed E-state index contributed by atoms with van der Waals surface area (Å²) in [5.74, 6) is -1.30. The minimum absolute atomic E-state index is 0.157. The van der Waals surface area contributed by atoms with Crippen LogP contribution in [-0.2, 0) is 9.63 Å². The van der Waals surface area contributed by atoms with Crippen LogP contribution in [0.3, 0.4) is 0 Å². The summed E-state index contributed by atoms with van der Waals surface area (Å²) in [5, 5.41) is 30.1. The molecule has 0 aliphatic carbocycles. The fourth-order valence-corrected chi connectivity index (χ4v) is 3.41. The lowest BCUT2D eigenvalue weighted by Crippen LogP contribution is -2.50. The lowest BCUT2D eigenvalue weighted by Gasteiger charge is -2.20. The van der Waals surface area contributed by atoms with Crippen molar-refractivity contribution in [3.63, 3.8) is 0 Å². The number of carbonyl (C=O) groups excluding carboxylic acids is 2. The Morgan fingerprint density at radius 1 is 1.20 bits per heavy atom. The molecule has 0 saturated heterocycles. The number of hydrogen-bond donors (Lipinski definition) is 4. The highest BCUT2D eigenvalue weighted by Crippen LogP contribution is 2.18. The summed E-state index contributed by atoms with van der Waals surface area (Å²) < 4.78 is 0. The smallest absolute Gasteiger partial charge is 0.426 e. The maximum Gasteiger partial charge on any atom is 0.475 e. The molecule has 0 bridgehead atoms. The first-order chi connectivity index (χ1) is 14.3. The second kappa shape index (κ2) is 9.73. The van der Waals surface area contributed by atoms with E-state index in [0.717, 1.165) is 10.8 Å². The van der Waals surface area contributed by atoms with Gasteiger partial charge in [0.15, 0.2) is 0 Å². The highest BCUT2D eigenvalue weighted by Gasteiger charge is 2.33. The van der Waals surface area contributed by atoms with Crippen LogP contribution < -0.4 is 10.6 Å². The molecular formula is C21H26BN3O5.